The average molecular weight is 327 g/mol. The number of nitro benzene ring substituents is 1. The maximum atomic E-state index is 11.4. The Morgan fingerprint density at radius 3 is 2.74 bits per heavy atom. The molecule has 0 bridgehead atoms. The first-order valence-corrected chi connectivity index (χ1v) is 7.99. The van der Waals surface area contributed by atoms with E-state index in [1.165, 1.54) is 5.56 Å². The molecule has 0 saturated carbocycles. The summed E-state index contributed by atoms with van der Waals surface area (Å²) in [7, 11) is 0. The maximum Gasteiger partial charge on any atom is 0.274 e. The van der Waals surface area contributed by atoms with Gasteiger partial charge in [-0.1, -0.05) is 54.1 Å². The van der Waals surface area contributed by atoms with E-state index < -0.39 is 0 Å². The Labute approximate surface area is 138 Å². The summed E-state index contributed by atoms with van der Waals surface area (Å²) in [6.07, 6.45) is 5.26. The fourth-order valence-corrected chi connectivity index (χ4v) is 4.04. The van der Waals surface area contributed by atoms with Crippen LogP contribution < -0.4 is 5.32 Å². The normalized spacial score (nSPS) is 24.7. The molecule has 4 rings (SSSR count). The van der Waals surface area contributed by atoms with Crippen LogP contribution in [0.4, 0.5) is 11.4 Å². The fourth-order valence-electron chi connectivity index (χ4n) is 3.81. The summed E-state index contributed by atoms with van der Waals surface area (Å²) in [5.74, 6) is 0.511. The molecule has 4 nitrogen and oxygen atoms in total. The number of anilines is 1. The number of rotatable bonds is 2. The average Bonchev–Trinajstić information content (AvgIpc) is 3.04. The first-order chi connectivity index (χ1) is 11.2. The molecule has 0 fully saturated rings. The van der Waals surface area contributed by atoms with E-state index in [2.05, 4.69) is 23.5 Å². The number of allylic oxidation sites excluding steroid dienone is 2. The molecule has 2 aromatic rings. The fraction of sp³-hybridized carbons (Fsp3) is 0.222. The molecule has 0 saturated heterocycles. The van der Waals surface area contributed by atoms with E-state index >= 15 is 0 Å². The summed E-state index contributed by atoms with van der Waals surface area (Å²) in [5, 5.41) is 15.5. The highest BCUT2D eigenvalue weighted by molar-refractivity contribution is 6.33. The summed E-state index contributed by atoms with van der Waals surface area (Å²) >= 11 is 6.37. The second-order valence-electron chi connectivity index (χ2n) is 6.00. The largest absolute Gasteiger partial charge is 0.376 e. The smallest absolute Gasteiger partial charge is 0.274 e. The summed E-state index contributed by atoms with van der Waals surface area (Å²) in [4.78, 5) is 11.1. The number of halogens is 1. The Bertz CT molecular complexity index is 818. The van der Waals surface area contributed by atoms with E-state index in [1.54, 1.807) is 12.1 Å². The maximum absolute atomic E-state index is 11.4. The van der Waals surface area contributed by atoms with Gasteiger partial charge in [0.2, 0.25) is 0 Å². The van der Waals surface area contributed by atoms with Crippen LogP contribution in [0.2, 0.25) is 5.02 Å². The van der Waals surface area contributed by atoms with Crippen molar-refractivity contribution in [1.82, 2.24) is 0 Å². The molecule has 116 valence electrons. The highest BCUT2D eigenvalue weighted by Crippen LogP contribution is 2.52. The van der Waals surface area contributed by atoms with E-state index in [0.717, 1.165) is 17.7 Å². The topological polar surface area (TPSA) is 55.2 Å². The Kier molecular flexibility index (Phi) is 3.34. The molecule has 1 aliphatic heterocycles. The van der Waals surface area contributed by atoms with Gasteiger partial charge in [0.25, 0.3) is 5.69 Å². The van der Waals surface area contributed by atoms with E-state index in [1.807, 2.05) is 24.3 Å². The number of nitrogens with one attached hydrogen (secondary N) is 1. The van der Waals surface area contributed by atoms with Crippen molar-refractivity contribution >= 4 is 23.0 Å². The molecule has 3 unspecified atom stereocenters. The minimum absolute atomic E-state index is 0.121. The van der Waals surface area contributed by atoms with Gasteiger partial charge in [-0.25, -0.2) is 0 Å². The van der Waals surface area contributed by atoms with Crippen LogP contribution in [0.15, 0.2) is 54.6 Å². The van der Waals surface area contributed by atoms with Gasteiger partial charge < -0.3 is 5.32 Å². The molecule has 23 heavy (non-hydrogen) atoms. The van der Waals surface area contributed by atoms with Crippen LogP contribution in [-0.4, -0.2) is 4.92 Å². The summed E-state index contributed by atoms with van der Waals surface area (Å²) in [6.45, 7) is 0. The summed E-state index contributed by atoms with van der Waals surface area (Å²) < 4.78 is 0. The van der Waals surface area contributed by atoms with Gasteiger partial charge >= 0.3 is 0 Å². The van der Waals surface area contributed by atoms with Gasteiger partial charge in [0.05, 0.1) is 27.2 Å². The molecule has 0 spiro atoms. The van der Waals surface area contributed by atoms with Crippen molar-refractivity contribution in [3.63, 3.8) is 0 Å². The zero-order chi connectivity index (χ0) is 16.0. The standard InChI is InChI=1S/C18H15ClN2O2/c19-15-9-4-8-13-11-6-3-7-12(11)17(20-18(13)15)14-5-1-2-10-16(14)21(22)23/h1-6,8-12,17,20H,7H2. The van der Waals surface area contributed by atoms with Gasteiger partial charge in [-0.2, -0.15) is 0 Å². The quantitative estimate of drug-likeness (QED) is 0.476. The molecule has 0 aromatic heterocycles. The number of benzene rings is 2. The highest BCUT2D eigenvalue weighted by atomic mass is 35.5. The molecule has 2 aliphatic rings. The number of para-hydroxylation sites is 2. The Hall–Kier alpha value is -2.33. The molecular formula is C18H15ClN2O2. The van der Waals surface area contributed by atoms with Gasteiger partial charge in [0.1, 0.15) is 0 Å². The lowest BCUT2D eigenvalue weighted by Gasteiger charge is -2.37. The molecule has 1 aliphatic carbocycles. The van der Waals surface area contributed by atoms with Gasteiger partial charge in [-0.15, -0.1) is 0 Å². The minimum atomic E-state index is -0.309. The summed E-state index contributed by atoms with van der Waals surface area (Å²) in [6, 6.07) is 12.7. The lowest BCUT2D eigenvalue weighted by atomic mass is 9.76. The van der Waals surface area contributed by atoms with Crippen LogP contribution in [0, 0.1) is 16.0 Å². The van der Waals surface area contributed by atoms with Crippen molar-refractivity contribution in [2.45, 2.75) is 18.4 Å². The van der Waals surface area contributed by atoms with Gasteiger partial charge in [-0.3, -0.25) is 10.1 Å². The molecular weight excluding hydrogens is 312 g/mol. The second kappa shape index (κ2) is 5.39. The predicted molar refractivity (Wildman–Crippen MR) is 90.9 cm³/mol. The molecule has 1 heterocycles. The van der Waals surface area contributed by atoms with Gasteiger partial charge in [0, 0.05) is 12.0 Å². The summed E-state index contributed by atoms with van der Waals surface area (Å²) in [5.41, 5.74) is 2.95. The first-order valence-electron chi connectivity index (χ1n) is 7.61. The number of nitrogens with zero attached hydrogens (tertiary/aromatic N) is 1. The Morgan fingerprint density at radius 1 is 1.13 bits per heavy atom. The molecule has 2 aromatic carbocycles. The molecule has 0 radical (unpaired) electrons. The van der Waals surface area contributed by atoms with Crippen LogP contribution in [0.5, 0.6) is 0 Å². The Balaban J connectivity index is 1.86. The van der Waals surface area contributed by atoms with E-state index in [4.69, 9.17) is 11.6 Å². The van der Waals surface area contributed by atoms with Crippen molar-refractivity contribution in [3.05, 3.63) is 80.9 Å². The number of hydrogen-bond acceptors (Lipinski definition) is 3. The van der Waals surface area contributed by atoms with Crippen LogP contribution in [0.25, 0.3) is 0 Å². The van der Waals surface area contributed by atoms with Gasteiger partial charge in [0.15, 0.2) is 0 Å². The second-order valence-corrected chi connectivity index (χ2v) is 6.40. The minimum Gasteiger partial charge on any atom is -0.376 e. The van der Waals surface area contributed by atoms with Crippen molar-refractivity contribution in [2.24, 2.45) is 5.92 Å². The molecule has 5 heteroatoms. The SMILES string of the molecule is O=[N+]([O-])c1ccccc1C1Nc2c(Cl)cccc2C2C=CCC21. The van der Waals surface area contributed by atoms with E-state index in [-0.39, 0.29) is 28.5 Å². The van der Waals surface area contributed by atoms with Crippen molar-refractivity contribution in [2.75, 3.05) is 5.32 Å². The van der Waals surface area contributed by atoms with E-state index in [0.29, 0.717) is 5.02 Å². The Morgan fingerprint density at radius 2 is 1.91 bits per heavy atom. The van der Waals surface area contributed by atoms with Crippen LogP contribution in [0.3, 0.4) is 0 Å². The van der Waals surface area contributed by atoms with Crippen molar-refractivity contribution in [3.8, 4) is 0 Å². The molecule has 3 atom stereocenters. The van der Waals surface area contributed by atoms with Crippen molar-refractivity contribution < 1.29 is 4.92 Å². The van der Waals surface area contributed by atoms with E-state index in [9.17, 15) is 10.1 Å². The number of fused-ring (bicyclic) bond motifs is 3. The first kappa shape index (κ1) is 14.3. The third-order valence-electron chi connectivity index (χ3n) is 4.81. The third-order valence-corrected chi connectivity index (χ3v) is 5.13. The third kappa shape index (κ3) is 2.21. The molecule has 1 N–H and O–H groups in total. The lowest BCUT2D eigenvalue weighted by molar-refractivity contribution is -0.385. The number of hydrogen-bond donors (Lipinski definition) is 1. The van der Waals surface area contributed by atoms with Crippen molar-refractivity contribution in [1.29, 1.82) is 0 Å². The predicted octanol–water partition coefficient (Wildman–Crippen LogP) is 5.07. The zero-order valence-corrected chi connectivity index (χ0v) is 13.0. The lowest BCUT2D eigenvalue weighted by Crippen LogP contribution is -2.29. The van der Waals surface area contributed by atoms with Gasteiger partial charge in [-0.05, 0) is 24.0 Å². The van der Waals surface area contributed by atoms with Crippen LogP contribution in [-0.2, 0) is 0 Å². The molecule has 0 amide bonds. The monoisotopic (exact) mass is 326 g/mol. The van der Waals surface area contributed by atoms with Crippen LogP contribution in [0.1, 0.15) is 29.5 Å². The number of nitro groups is 1. The zero-order valence-electron chi connectivity index (χ0n) is 12.3. The van der Waals surface area contributed by atoms with Crippen LogP contribution >= 0.6 is 11.6 Å². The highest BCUT2D eigenvalue weighted by Gasteiger charge is 2.40.